The molecule has 6 nitrogen and oxygen atoms in total. The van der Waals surface area contributed by atoms with Gasteiger partial charge in [-0.15, -0.1) is 0 Å². The van der Waals surface area contributed by atoms with Crippen LogP contribution in [0, 0.1) is 20.8 Å². The molecule has 6 heteroatoms. The quantitative estimate of drug-likeness (QED) is 0.640. The molecule has 4 rings (SSSR count). The Morgan fingerprint density at radius 3 is 2.62 bits per heavy atom. The van der Waals surface area contributed by atoms with E-state index >= 15 is 0 Å². The van der Waals surface area contributed by atoms with E-state index in [9.17, 15) is 14.4 Å². The number of fused-ring (bicyclic) bond motifs is 2. The Bertz CT molecular complexity index is 1060. The van der Waals surface area contributed by atoms with Crippen molar-refractivity contribution in [3.8, 4) is 5.75 Å². The molecule has 0 saturated carbocycles. The molecule has 2 aromatic carbocycles. The van der Waals surface area contributed by atoms with E-state index in [4.69, 9.17) is 4.74 Å². The Hall–Kier alpha value is -3.15. The first-order chi connectivity index (χ1) is 13.8. The second-order valence-electron chi connectivity index (χ2n) is 7.87. The fraction of sp³-hybridized carbons (Fsp3) is 0.348. The van der Waals surface area contributed by atoms with E-state index in [1.54, 1.807) is 0 Å². The van der Waals surface area contributed by atoms with E-state index in [1.165, 1.54) is 11.8 Å². The maximum absolute atomic E-state index is 13.5. The van der Waals surface area contributed by atoms with Crippen LogP contribution in [0.5, 0.6) is 5.75 Å². The van der Waals surface area contributed by atoms with E-state index < -0.39 is 11.6 Å². The smallest absolute Gasteiger partial charge is 0.325 e. The van der Waals surface area contributed by atoms with Crippen LogP contribution in [-0.4, -0.2) is 29.2 Å². The Morgan fingerprint density at radius 2 is 1.90 bits per heavy atom. The van der Waals surface area contributed by atoms with Crippen molar-refractivity contribution in [3.05, 3.63) is 63.7 Å². The second kappa shape index (κ2) is 6.72. The minimum Gasteiger partial charge on any atom is -0.493 e. The summed E-state index contributed by atoms with van der Waals surface area (Å²) in [5.41, 5.74) is 3.77. The van der Waals surface area contributed by atoms with Crippen LogP contribution < -0.4 is 10.1 Å². The summed E-state index contributed by atoms with van der Waals surface area (Å²) in [6, 6.07) is 8.84. The Balaban J connectivity index is 1.75. The van der Waals surface area contributed by atoms with Crippen molar-refractivity contribution in [1.29, 1.82) is 0 Å². The lowest BCUT2D eigenvalue weighted by Crippen LogP contribution is -2.47. The van der Waals surface area contributed by atoms with E-state index in [1.807, 2.05) is 51.1 Å². The molecular weight excluding hydrogens is 368 g/mol. The maximum atomic E-state index is 13.5. The van der Waals surface area contributed by atoms with E-state index in [0.29, 0.717) is 29.9 Å². The zero-order chi connectivity index (χ0) is 20.9. The molecular formula is C23H24N2O4. The number of Topliss-reactive ketones (excluding diaryl/α,β-unsaturated/α-hetero) is 1. The van der Waals surface area contributed by atoms with Crippen LogP contribution in [0.3, 0.4) is 0 Å². The normalized spacial score (nSPS) is 20.5. The molecule has 0 bridgehead atoms. The van der Waals surface area contributed by atoms with Gasteiger partial charge in [-0.3, -0.25) is 14.5 Å². The van der Waals surface area contributed by atoms with Gasteiger partial charge in [-0.1, -0.05) is 24.3 Å². The molecule has 150 valence electrons. The van der Waals surface area contributed by atoms with Gasteiger partial charge in [0.05, 0.1) is 13.2 Å². The third-order valence-electron chi connectivity index (χ3n) is 6.06. The molecule has 0 aliphatic carbocycles. The first-order valence-corrected chi connectivity index (χ1v) is 9.73. The van der Waals surface area contributed by atoms with Gasteiger partial charge in [0.2, 0.25) is 0 Å². The molecule has 1 atom stereocenters. The number of hydrogen-bond donors (Lipinski definition) is 1. The van der Waals surface area contributed by atoms with Crippen LogP contribution in [0.25, 0.3) is 0 Å². The van der Waals surface area contributed by atoms with Gasteiger partial charge < -0.3 is 10.1 Å². The number of para-hydroxylation sites is 1. The van der Waals surface area contributed by atoms with E-state index in [2.05, 4.69) is 5.32 Å². The van der Waals surface area contributed by atoms with Crippen molar-refractivity contribution in [2.24, 2.45) is 0 Å². The van der Waals surface area contributed by atoms with Crippen molar-refractivity contribution < 1.29 is 19.1 Å². The number of hydrogen-bond acceptors (Lipinski definition) is 4. The lowest BCUT2D eigenvalue weighted by molar-refractivity contribution is -0.133. The fourth-order valence-electron chi connectivity index (χ4n) is 4.69. The zero-order valence-corrected chi connectivity index (χ0v) is 17.1. The molecule has 1 unspecified atom stereocenters. The highest BCUT2D eigenvalue weighted by atomic mass is 16.5. The number of ether oxygens (including phenoxy) is 1. The predicted octanol–water partition coefficient (Wildman–Crippen LogP) is 3.54. The average molecular weight is 392 g/mol. The summed E-state index contributed by atoms with van der Waals surface area (Å²) in [5, 5.41) is 2.92. The van der Waals surface area contributed by atoms with E-state index in [-0.39, 0.29) is 18.2 Å². The summed E-state index contributed by atoms with van der Waals surface area (Å²) < 4.78 is 5.68. The second-order valence-corrected chi connectivity index (χ2v) is 7.87. The Morgan fingerprint density at radius 1 is 1.17 bits per heavy atom. The lowest BCUT2D eigenvalue weighted by Gasteiger charge is -2.33. The summed E-state index contributed by atoms with van der Waals surface area (Å²) >= 11 is 0. The molecule has 2 aromatic rings. The van der Waals surface area contributed by atoms with Crippen LogP contribution in [-0.2, 0) is 16.9 Å². The van der Waals surface area contributed by atoms with Crippen molar-refractivity contribution in [2.45, 2.75) is 46.2 Å². The van der Waals surface area contributed by atoms with Gasteiger partial charge in [-0.2, -0.15) is 0 Å². The number of aryl methyl sites for hydroxylation is 2. The number of ketones is 1. The SMILES string of the molecule is CC(=O)c1c(C)cc(C)c(CN2C(=O)NC3(CCOc4ccccc43)C2=O)c1C. The molecule has 1 saturated heterocycles. The number of benzene rings is 2. The van der Waals surface area contributed by atoms with E-state index in [0.717, 1.165) is 22.3 Å². The summed E-state index contributed by atoms with van der Waals surface area (Å²) in [6.07, 6.45) is 0.385. The number of urea groups is 1. The highest BCUT2D eigenvalue weighted by Crippen LogP contribution is 2.41. The largest absolute Gasteiger partial charge is 0.493 e. The van der Waals surface area contributed by atoms with Gasteiger partial charge in [0.15, 0.2) is 11.3 Å². The highest BCUT2D eigenvalue weighted by Gasteiger charge is 2.54. The third kappa shape index (κ3) is 2.82. The summed E-state index contributed by atoms with van der Waals surface area (Å²) in [5.74, 6) is 0.325. The minimum absolute atomic E-state index is 0.0201. The topological polar surface area (TPSA) is 75.7 Å². The maximum Gasteiger partial charge on any atom is 0.325 e. The molecule has 2 aliphatic rings. The van der Waals surface area contributed by atoms with Crippen LogP contribution in [0.15, 0.2) is 30.3 Å². The molecule has 0 aromatic heterocycles. The molecule has 2 aliphatic heterocycles. The molecule has 1 spiro atoms. The zero-order valence-electron chi connectivity index (χ0n) is 17.1. The minimum atomic E-state index is -1.10. The third-order valence-corrected chi connectivity index (χ3v) is 6.06. The fourth-order valence-corrected chi connectivity index (χ4v) is 4.69. The summed E-state index contributed by atoms with van der Waals surface area (Å²) in [4.78, 5) is 39.7. The van der Waals surface area contributed by atoms with Crippen LogP contribution >= 0.6 is 0 Å². The number of carbonyl (C=O) groups excluding carboxylic acids is 3. The number of nitrogens with one attached hydrogen (secondary N) is 1. The van der Waals surface area contributed by atoms with Crippen molar-refractivity contribution in [2.75, 3.05) is 6.61 Å². The number of amides is 3. The van der Waals surface area contributed by atoms with Crippen molar-refractivity contribution >= 4 is 17.7 Å². The summed E-state index contributed by atoms with van der Waals surface area (Å²) in [6.45, 7) is 7.75. The monoisotopic (exact) mass is 392 g/mol. The average Bonchev–Trinajstić information content (AvgIpc) is 2.89. The molecule has 1 fully saturated rings. The molecule has 29 heavy (non-hydrogen) atoms. The van der Waals surface area contributed by atoms with Crippen molar-refractivity contribution in [3.63, 3.8) is 0 Å². The van der Waals surface area contributed by atoms with Crippen molar-refractivity contribution in [1.82, 2.24) is 10.2 Å². The standard InChI is InChI=1S/C23H24N2O4/c1-13-11-14(2)20(16(4)26)15(3)17(13)12-25-21(27)23(24-22(25)28)9-10-29-19-8-6-5-7-18(19)23/h5-8,11H,9-10,12H2,1-4H3,(H,24,28). The molecule has 3 amide bonds. The predicted molar refractivity (Wildman–Crippen MR) is 108 cm³/mol. The Kier molecular flexibility index (Phi) is 4.45. The van der Waals surface area contributed by atoms with Crippen LogP contribution in [0.1, 0.15) is 51.5 Å². The highest BCUT2D eigenvalue weighted by molar-refractivity contribution is 6.08. The number of nitrogens with zero attached hydrogens (tertiary/aromatic N) is 1. The summed E-state index contributed by atoms with van der Waals surface area (Å²) in [7, 11) is 0. The first-order valence-electron chi connectivity index (χ1n) is 9.73. The molecule has 2 heterocycles. The first kappa shape index (κ1) is 19.2. The van der Waals surface area contributed by atoms with Gasteiger partial charge in [0, 0.05) is 17.5 Å². The van der Waals surface area contributed by atoms with Crippen LogP contribution in [0.4, 0.5) is 4.79 Å². The lowest BCUT2D eigenvalue weighted by atomic mass is 9.84. The van der Waals surface area contributed by atoms with Gasteiger partial charge in [-0.25, -0.2) is 4.79 Å². The van der Waals surface area contributed by atoms with Gasteiger partial charge in [0.25, 0.3) is 5.91 Å². The molecule has 0 radical (unpaired) electrons. The number of rotatable bonds is 3. The van der Waals surface area contributed by atoms with Crippen LogP contribution in [0.2, 0.25) is 0 Å². The molecule has 1 N–H and O–H groups in total. The van der Waals surface area contributed by atoms with Gasteiger partial charge in [0.1, 0.15) is 5.75 Å². The number of carbonyl (C=O) groups is 3. The number of imide groups is 1. The van der Waals surface area contributed by atoms with Gasteiger partial charge >= 0.3 is 6.03 Å². The Labute approximate surface area is 169 Å². The van der Waals surface area contributed by atoms with Gasteiger partial charge in [-0.05, 0) is 56.0 Å².